The summed E-state index contributed by atoms with van der Waals surface area (Å²) < 4.78 is 20.4. The number of amides is 1. The van der Waals surface area contributed by atoms with Gasteiger partial charge in [-0.05, 0) is 6.42 Å². The van der Waals surface area contributed by atoms with E-state index in [-0.39, 0.29) is 6.09 Å². The molecule has 6 nitrogen and oxygen atoms in total. The smallest absolute Gasteiger partial charge is 0.453 e. The number of hydrogen-bond donors (Lipinski definition) is 0. The topological polar surface area (TPSA) is 57.2 Å². The summed E-state index contributed by atoms with van der Waals surface area (Å²) in [6.45, 7) is 0.581. The lowest BCUT2D eigenvalue weighted by Gasteiger charge is -2.25. The molecule has 0 aliphatic rings. The number of rotatable bonds is 7. The first-order chi connectivity index (χ1) is 7.55. The molecule has 0 aliphatic heterocycles. The molecule has 0 aromatic heterocycles. The van der Waals surface area contributed by atoms with Gasteiger partial charge in [-0.3, -0.25) is 0 Å². The number of hydrogen-bond acceptors (Lipinski definition) is 5. The first-order valence-corrected chi connectivity index (χ1v) is 6.93. The second kappa shape index (κ2) is 7.61. The van der Waals surface area contributed by atoms with Gasteiger partial charge in [0.25, 0.3) is 0 Å². The van der Waals surface area contributed by atoms with E-state index in [1.807, 2.05) is 0 Å². The zero-order valence-corrected chi connectivity index (χ0v) is 11.6. The maximum absolute atomic E-state index is 11.1. The fraction of sp³-hybridized carbons (Fsp3) is 0.889. The van der Waals surface area contributed by atoms with Crippen LogP contribution in [0.15, 0.2) is 0 Å². The van der Waals surface area contributed by atoms with Gasteiger partial charge < -0.3 is 22.9 Å². The Hall–Kier alpha value is -0.633. The van der Waals surface area contributed by atoms with Crippen molar-refractivity contribution in [2.75, 3.05) is 42.0 Å². The second-order valence-corrected chi connectivity index (χ2v) is 6.38. The maximum atomic E-state index is 11.1. The van der Waals surface area contributed by atoms with Crippen molar-refractivity contribution in [1.29, 1.82) is 0 Å². The Labute approximate surface area is 97.8 Å². The van der Waals surface area contributed by atoms with Crippen LogP contribution in [0, 0.1) is 0 Å². The molecule has 0 atom stereocenters. The summed E-state index contributed by atoms with van der Waals surface area (Å²) in [5.74, 6) is 0. The SMILES string of the molecule is COC(=O)N(C)CCC[Si](OC)(OC)OC. The molecule has 7 heteroatoms. The van der Waals surface area contributed by atoms with E-state index in [1.165, 1.54) is 12.0 Å². The van der Waals surface area contributed by atoms with Crippen molar-refractivity contribution in [3.05, 3.63) is 0 Å². The summed E-state index contributed by atoms with van der Waals surface area (Å²) in [4.78, 5) is 12.6. The van der Waals surface area contributed by atoms with Crippen LogP contribution < -0.4 is 0 Å². The van der Waals surface area contributed by atoms with Gasteiger partial charge in [0.2, 0.25) is 0 Å². The zero-order valence-electron chi connectivity index (χ0n) is 10.6. The Morgan fingerprint density at radius 3 is 2.00 bits per heavy atom. The highest BCUT2D eigenvalue weighted by Crippen LogP contribution is 2.15. The minimum Gasteiger partial charge on any atom is -0.453 e. The van der Waals surface area contributed by atoms with Gasteiger partial charge in [-0.2, -0.15) is 0 Å². The minimum absolute atomic E-state index is 0.348. The van der Waals surface area contributed by atoms with Gasteiger partial charge in [-0.1, -0.05) is 0 Å². The molecule has 0 saturated heterocycles. The van der Waals surface area contributed by atoms with Crippen LogP contribution in [-0.4, -0.2) is 61.8 Å². The van der Waals surface area contributed by atoms with Gasteiger partial charge in [-0.25, -0.2) is 4.79 Å². The second-order valence-electron chi connectivity index (χ2n) is 3.29. The summed E-state index contributed by atoms with van der Waals surface area (Å²) in [7, 11) is 5.25. The molecule has 0 N–H and O–H groups in total. The van der Waals surface area contributed by atoms with E-state index in [0.29, 0.717) is 12.6 Å². The van der Waals surface area contributed by atoms with Crippen molar-refractivity contribution in [1.82, 2.24) is 4.90 Å². The monoisotopic (exact) mass is 251 g/mol. The summed E-state index contributed by atoms with van der Waals surface area (Å²) >= 11 is 0. The van der Waals surface area contributed by atoms with Crippen LogP contribution in [-0.2, 0) is 18.0 Å². The summed E-state index contributed by atoms with van der Waals surface area (Å²) in [5.41, 5.74) is 0. The van der Waals surface area contributed by atoms with Crippen LogP contribution in [0.4, 0.5) is 4.79 Å². The average Bonchev–Trinajstić information content (AvgIpc) is 2.34. The molecule has 0 aromatic carbocycles. The van der Waals surface area contributed by atoms with Gasteiger partial charge in [0, 0.05) is 41.0 Å². The van der Waals surface area contributed by atoms with E-state index in [1.54, 1.807) is 28.4 Å². The summed E-state index contributed by atoms with van der Waals surface area (Å²) in [6, 6.07) is 0.665. The van der Waals surface area contributed by atoms with E-state index in [4.69, 9.17) is 13.3 Å². The first kappa shape index (κ1) is 15.4. The highest BCUT2D eigenvalue weighted by molar-refractivity contribution is 6.60. The van der Waals surface area contributed by atoms with Gasteiger partial charge in [0.15, 0.2) is 0 Å². The number of ether oxygens (including phenoxy) is 1. The molecule has 0 saturated carbocycles. The lowest BCUT2D eigenvalue weighted by molar-refractivity contribution is 0.117. The van der Waals surface area contributed by atoms with Crippen molar-refractivity contribution in [3.8, 4) is 0 Å². The van der Waals surface area contributed by atoms with Crippen molar-refractivity contribution < 1.29 is 22.8 Å². The molecule has 1 amide bonds. The fourth-order valence-electron chi connectivity index (χ4n) is 1.34. The fourth-order valence-corrected chi connectivity index (χ4v) is 3.04. The molecular formula is C9H21NO5Si. The van der Waals surface area contributed by atoms with Crippen LogP contribution in [0.1, 0.15) is 6.42 Å². The maximum Gasteiger partial charge on any atom is 0.500 e. The van der Waals surface area contributed by atoms with Crippen molar-refractivity contribution in [2.45, 2.75) is 12.5 Å². The average molecular weight is 251 g/mol. The third kappa shape index (κ3) is 4.48. The summed E-state index contributed by atoms with van der Waals surface area (Å²) in [5, 5.41) is 0. The van der Waals surface area contributed by atoms with Crippen LogP contribution in [0.3, 0.4) is 0 Å². The number of nitrogens with zero attached hydrogens (tertiary/aromatic N) is 1. The van der Waals surface area contributed by atoms with E-state index < -0.39 is 8.80 Å². The van der Waals surface area contributed by atoms with E-state index >= 15 is 0 Å². The van der Waals surface area contributed by atoms with Crippen molar-refractivity contribution >= 4 is 14.9 Å². The quantitative estimate of drug-likeness (QED) is 0.631. The molecule has 0 radical (unpaired) electrons. The van der Waals surface area contributed by atoms with Crippen LogP contribution in [0.25, 0.3) is 0 Å². The summed E-state index contributed by atoms with van der Waals surface area (Å²) in [6.07, 6.45) is 0.396. The van der Waals surface area contributed by atoms with Crippen molar-refractivity contribution in [2.24, 2.45) is 0 Å². The molecule has 0 bridgehead atoms. The highest BCUT2D eigenvalue weighted by Gasteiger charge is 2.37. The standard InChI is InChI=1S/C9H21NO5Si/c1-10(9(11)12-2)7-6-8-16(13-3,14-4)15-5/h6-8H2,1-5H3. The number of carbonyl (C=O) groups is 1. The van der Waals surface area contributed by atoms with Gasteiger partial charge in [0.1, 0.15) is 0 Å². The first-order valence-electron chi connectivity index (χ1n) is 4.99. The largest absolute Gasteiger partial charge is 0.500 e. The van der Waals surface area contributed by atoms with Crippen LogP contribution in [0.2, 0.25) is 6.04 Å². The molecular weight excluding hydrogens is 230 g/mol. The van der Waals surface area contributed by atoms with Gasteiger partial charge >= 0.3 is 14.9 Å². The molecule has 0 heterocycles. The van der Waals surface area contributed by atoms with E-state index in [0.717, 1.165) is 6.42 Å². The zero-order chi connectivity index (χ0) is 12.6. The Bertz CT molecular complexity index is 202. The predicted molar refractivity (Wildman–Crippen MR) is 61.2 cm³/mol. The molecule has 0 aliphatic carbocycles. The third-order valence-corrected chi connectivity index (χ3v) is 5.23. The lowest BCUT2D eigenvalue weighted by Crippen LogP contribution is -2.43. The normalized spacial score (nSPS) is 11.3. The van der Waals surface area contributed by atoms with Crippen molar-refractivity contribution in [3.63, 3.8) is 0 Å². The number of methoxy groups -OCH3 is 1. The molecule has 0 fully saturated rings. The Balaban J connectivity index is 3.99. The van der Waals surface area contributed by atoms with E-state index in [9.17, 15) is 4.79 Å². The molecule has 0 spiro atoms. The molecule has 0 unspecified atom stereocenters. The van der Waals surface area contributed by atoms with Gasteiger partial charge in [-0.15, -0.1) is 0 Å². The number of carbonyl (C=O) groups excluding carboxylic acids is 1. The molecule has 0 rings (SSSR count). The van der Waals surface area contributed by atoms with Crippen LogP contribution in [0.5, 0.6) is 0 Å². The minimum atomic E-state index is -2.51. The third-order valence-electron chi connectivity index (χ3n) is 2.40. The molecule has 16 heavy (non-hydrogen) atoms. The Kier molecular flexibility index (Phi) is 7.31. The van der Waals surface area contributed by atoms with E-state index in [2.05, 4.69) is 4.74 Å². The highest BCUT2D eigenvalue weighted by atomic mass is 28.4. The Morgan fingerprint density at radius 1 is 1.12 bits per heavy atom. The molecule has 0 aromatic rings. The van der Waals surface area contributed by atoms with Crippen LogP contribution >= 0.6 is 0 Å². The Morgan fingerprint density at radius 2 is 1.62 bits per heavy atom. The molecule has 96 valence electrons. The predicted octanol–water partition coefficient (Wildman–Crippen LogP) is 0.953. The lowest BCUT2D eigenvalue weighted by atomic mass is 10.4. The van der Waals surface area contributed by atoms with Gasteiger partial charge in [0.05, 0.1) is 7.11 Å².